The molecule has 0 atom stereocenters. The lowest BCUT2D eigenvalue weighted by Crippen LogP contribution is -2.41. The van der Waals surface area contributed by atoms with E-state index in [1.54, 1.807) is 0 Å². The molecule has 0 bridgehead atoms. The maximum atomic E-state index is 3.62. The molecule has 0 radical (unpaired) electrons. The summed E-state index contributed by atoms with van der Waals surface area (Å²) in [5.74, 6) is 0. The third-order valence-electron chi connectivity index (χ3n) is 3.41. The first-order chi connectivity index (χ1) is 6.45. The molecule has 0 aromatic carbocycles. The van der Waals surface area contributed by atoms with Gasteiger partial charge in [0.1, 0.15) is 0 Å². The van der Waals surface area contributed by atoms with E-state index in [4.69, 9.17) is 0 Å². The second-order valence-electron chi connectivity index (χ2n) is 4.48. The highest BCUT2D eigenvalue weighted by atomic mass is 15.1. The van der Waals surface area contributed by atoms with Gasteiger partial charge in [-0.3, -0.25) is 0 Å². The van der Waals surface area contributed by atoms with Crippen molar-refractivity contribution in [2.75, 3.05) is 26.2 Å². The number of nitrogens with zero attached hydrogens (tertiary/aromatic N) is 1. The van der Waals surface area contributed by atoms with Gasteiger partial charge in [0.05, 0.1) is 0 Å². The normalized spacial score (nSPS) is 25.8. The molecule has 0 aromatic heterocycles. The predicted octanol–water partition coefficient (Wildman–Crippen LogP) is 1.61. The molecule has 1 saturated carbocycles. The first kappa shape index (κ1) is 9.47. The van der Waals surface area contributed by atoms with Crippen LogP contribution < -0.4 is 5.32 Å². The molecule has 2 fully saturated rings. The van der Waals surface area contributed by atoms with E-state index < -0.39 is 0 Å². The van der Waals surface area contributed by atoms with Crippen LogP contribution in [0.4, 0.5) is 0 Å². The summed E-state index contributed by atoms with van der Waals surface area (Å²) >= 11 is 0. The fraction of sp³-hybridized carbons (Fsp3) is 1.00. The van der Waals surface area contributed by atoms with E-state index in [1.165, 1.54) is 64.7 Å². The molecule has 0 aromatic rings. The van der Waals surface area contributed by atoms with Gasteiger partial charge in [0.15, 0.2) is 0 Å². The van der Waals surface area contributed by atoms with Gasteiger partial charge < -0.3 is 10.2 Å². The molecular weight excluding hydrogens is 160 g/mol. The number of hydrogen-bond donors (Lipinski definition) is 1. The van der Waals surface area contributed by atoms with Gasteiger partial charge in [-0.25, -0.2) is 0 Å². The zero-order valence-corrected chi connectivity index (χ0v) is 8.60. The summed E-state index contributed by atoms with van der Waals surface area (Å²) < 4.78 is 0. The highest BCUT2D eigenvalue weighted by Crippen LogP contribution is 2.17. The Balaban J connectivity index is 1.50. The van der Waals surface area contributed by atoms with Crippen molar-refractivity contribution >= 4 is 0 Å². The Kier molecular flexibility index (Phi) is 3.62. The van der Waals surface area contributed by atoms with E-state index in [1.807, 2.05) is 0 Å². The summed E-state index contributed by atoms with van der Waals surface area (Å²) in [4.78, 5) is 2.61. The highest BCUT2D eigenvalue weighted by molar-refractivity contribution is 4.77. The summed E-state index contributed by atoms with van der Waals surface area (Å²) in [5, 5.41) is 3.62. The van der Waals surface area contributed by atoms with Gasteiger partial charge in [0, 0.05) is 19.1 Å². The summed E-state index contributed by atoms with van der Waals surface area (Å²) in [6.07, 6.45) is 8.57. The topological polar surface area (TPSA) is 15.3 Å². The molecule has 2 aliphatic rings. The van der Waals surface area contributed by atoms with Gasteiger partial charge in [-0.2, -0.15) is 0 Å². The van der Waals surface area contributed by atoms with Crippen molar-refractivity contribution in [1.29, 1.82) is 0 Å². The number of nitrogens with one attached hydrogen (secondary N) is 1. The van der Waals surface area contributed by atoms with E-state index >= 15 is 0 Å². The molecule has 0 unspecified atom stereocenters. The van der Waals surface area contributed by atoms with Crippen LogP contribution in [-0.4, -0.2) is 37.1 Å². The number of hydrogen-bond acceptors (Lipinski definition) is 2. The first-order valence-corrected chi connectivity index (χ1v) is 5.91. The molecule has 13 heavy (non-hydrogen) atoms. The molecule has 0 spiro atoms. The summed E-state index contributed by atoms with van der Waals surface area (Å²) in [5.41, 5.74) is 0. The zero-order valence-electron chi connectivity index (χ0n) is 8.60. The Morgan fingerprint density at radius 1 is 1.00 bits per heavy atom. The minimum absolute atomic E-state index is 0.866. The van der Waals surface area contributed by atoms with Crippen LogP contribution in [0.15, 0.2) is 0 Å². The molecule has 1 aliphatic carbocycles. The van der Waals surface area contributed by atoms with Gasteiger partial charge >= 0.3 is 0 Å². The largest absolute Gasteiger partial charge is 0.313 e. The Labute approximate surface area is 81.7 Å². The van der Waals surface area contributed by atoms with Crippen LogP contribution in [0.3, 0.4) is 0 Å². The van der Waals surface area contributed by atoms with Crippen LogP contribution in [-0.2, 0) is 0 Å². The monoisotopic (exact) mass is 182 g/mol. The van der Waals surface area contributed by atoms with E-state index in [9.17, 15) is 0 Å². The molecular formula is C11H22N2. The Bertz CT molecular complexity index is 137. The molecule has 1 heterocycles. The smallest absolute Gasteiger partial charge is 0.0107 e. The van der Waals surface area contributed by atoms with Gasteiger partial charge in [0.25, 0.3) is 0 Å². The van der Waals surface area contributed by atoms with Gasteiger partial charge in [0.2, 0.25) is 0 Å². The molecule has 2 rings (SSSR count). The third-order valence-corrected chi connectivity index (χ3v) is 3.41. The van der Waals surface area contributed by atoms with Crippen LogP contribution in [0.2, 0.25) is 0 Å². The number of likely N-dealkylation sites (tertiary alicyclic amines) is 1. The quantitative estimate of drug-likeness (QED) is 0.710. The first-order valence-electron chi connectivity index (χ1n) is 5.91. The van der Waals surface area contributed by atoms with Crippen LogP contribution >= 0.6 is 0 Å². The second kappa shape index (κ2) is 4.97. The average molecular weight is 182 g/mol. The maximum absolute atomic E-state index is 3.62. The van der Waals surface area contributed by atoms with E-state index in [2.05, 4.69) is 10.2 Å². The molecule has 0 amide bonds. The van der Waals surface area contributed by atoms with Gasteiger partial charge in [-0.05, 0) is 38.8 Å². The van der Waals surface area contributed by atoms with Crippen LogP contribution in [0.25, 0.3) is 0 Å². The summed E-state index contributed by atoms with van der Waals surface area (Å²) in [7, 11) is 0. The van der Waals surface area contributed by atoms with E-state index in [-0.39, 0.29) is 0 Å². The molecule has 1 saturated heterocycles. The lowest BCUT2D eigenvalue weighted by molar-refractivity contribution is 0.219. The number of rotatable bonds is 4. The predicted molar refractivity (Wildman–Crippen MR) is 55.9 cm³/mol. The fourth-order valence-electron chi connectivity index (χ4n) is 2.22. The average Bonchev–Trinajstić information content (AvgIpc) is 2.11. The number of piperidine rings is 1. The summed E-state index contributed by atoms with van der Waals surface area (Å²) in [6.45, 7) is 5.17. The lowest BCUT2D eigenvalue weighted by Gasteiger charge is -2.30. The molecule has 76 valence electrons. The molecule has 1 N–H and O–H groups in total. The van der Waals surface area contributed by atoms with Crippen molar-refractivity contribution in [1.82, 2.24) is 10.2 Å². The molecule has 2 heteroatoms. The SMILES string of the molecule is C1CCN(CCNC2CCC2)CC1. The van der Waals surface area contributed by atoms with E-state index in [0.717, 1.165) is 6.04 Å². The van der Waals surface area contributed by atoms with E-state index in [0.29, 0.717) is 0 Å². The van der Waals surface area contributed by atoms with Crippen molar-refractivity contribution in [2.24, 2.45) is 0 Å². The van der Waals surface area contributed by atoms with Crippen molar-refractivity contribution in [2.45, 2.75) is 44.6 Å². The Morgan fingerprint density at radius 3 is 2.38 bits per heavy atom. The van der Waals surface area contributed by atoms with Gasteiger partial charge in [-0.15, -0.1) is 0 Å². The van der Waals surface area contributed by atoms with Crippen LogP contribution in [0.5, 0.6) is 0 Å². The van der Waals surface area contributed by atoms with Crippen molar-refractivity contribution < 1.29 is 0 Å². The van der Waals surface area contributed by atoms with Crippen LogP contribution in [0.1, 0.15) is 38.5 Å². The minimum atomic E-state index is 0.866. The third kappa shape index (κ3) is 2.96. The Hall–Kier alpha value is -0.0800. The fourth-order valence-corrected chi connectivity index (χ4v) is 2.22. The van der Waals surface area contributed by atoms with Gasteiger partial charge in [-0.1, -0.05) is 12.8 Å². The zero-order chi connectivity index (χ0) is 8.93. The lowest BCUT2D eigenvalue weighted by atomic mass is 9.93. The second-order valence-corrected chi connectivity index (χ2v) is 4.48. The molecule has 1 aliphatic heterocycles. The summed E-state index contributed by atoms with van der Waals surface area (Å²) in [6, 6.07) is 0.866. The Morgan fingerprint density at radius 2 is 1.77 bits per heavy atom. The molecule has 2 nitrogen and oxygen atoms in total. The van der Waals surface area contributed by atoms with Crippen molar-refractivity contribution in [3.05, 3.63) is 0 Å². The maximum Gasteiger partial charge on any atom is 0.0107 e. The minimum Gasteiger partial charge on any atom is -0.313 e. The standard InChI is InChI=1S/C11H22N2/c1-2-8-13(9-3-1)10-7-12-11-5-4-6-11/h11-12H,1-10H2. The van der Waals surface area contributed by atoms with Crippen LogP contribution in [0, 0.1) is 0 Å². The highest BCUT2D eigenvalue weighted by Gasteiger charge is 2.16. The van der Waals surface area contributed by atoms with Crippen molar-refractivity contribution in [3.63, 3.8) is 0 Å². The van der Waals surface area contributed by atoms with Crippen molar-refractivity contribution in [3.8, 4) is 0 Å².